The van der Waals surface area contributed by atoms with E-state index in [0.29, 0.717) is 0 Å². The summed E-state index contributed by atoms with van der Waals surface area (Å²) in [6.45, 7) is 0. The number of hydrogen-bond donors (Lipinski definition) is 0. The molecule has 0 atom stereocenters. The van der Waals surface area contributed by atoms with Gasteiger partial charge in [-0.25, -0.2) is 0 Å². The molecule has 0 unspecified atom stereocenters. The van der Waals surface area contributed by atoms with Gasteiger partial charge in [-0.05, 0) is 100 Å². The van der Waals surface area contributed by atoms with Gasteiger partial charge in [0.2, 0.25) is 0 Å². The van der Waals surface area contributed by atoms with Crippen molar-refractivity contribution in [1.29, 1.82) is 0 Å². The van der Waals surface area contributed by atoms with Crippen LogP contribution in [0.2, 0.25) is 0 Å². The molecule has 0 bridgehead atoms. The molecule has 0 spiro atoms. The molecule has 0 fully saturated rings. The molecule has 48 heavy (non-hydrogen) atoms. The van der Waals surface area contributed by atoms with Crippen molar-refractivity contribution in [3.05, 3.63) is 206 Å². The molecule has 0 radical (unpaired) electrons. The summed E-state index contributed by atoms with van der Waals surface area (Å²) >= 11 is 0. The van der Waals surface area contributed by atoms with Crippen molar-refractivity contribution in [3.63, 3.8) is 0 Å². The summed E-state index contributed by atoms with van der Waals surface area (Å²) in [6.07, 6.45) is 0. The lowest BCUT2D eigenvalue weighted by molar-refractivity contribution is 1.28. The Hall–Kier alpha value is -6.38. The molecule has 0 heterocycles. The van der Waals surface area contributed by atoms with Crippen molar-refractivity contribution in [2.45, 2.75) is 0 Å². The third kappa shape index (κ3) is 5.84. The lowest BCUT2D eigenvalue weighted by Crippen LogP contribution is -2.10. The summed E-state index contributed by atoms with van der Waals surface area (Å²) < 4.78 is 0. The van der Waals surface area contributed by atoms with Crippen molar-refractivity contribution in [2.75, 3.05) is 9.80 Å². The molecule has 8 aromatic rings. The van der Waals surface area contributed by atoms with Gasteiger partial charge in [-0.2, -0.15) is 0 Å². The van der Waals surface area contributed by atoms with Gasteiger partial charge in [0.05, 0.1) is 5.69 Å². The molecule has 0 saturated carbocycles. The summed E-state index contributed by atoms with van der Waals surface area (Å²) in [6, 6.07) is 73.4. The number of benzene rings is 8. The predicted molar refractivity (Wildman–Crippen MR) is 204 cm³/mol. The average Bonchev–Trinajstić information content (AvgIpc) is 3.17. The van der Waals surface area contributed by atoms with E-state index in [9.17, 15) is 0 Å². The van der Waals surface area contributed by atoms with Gasteiger partial charge in [0, 0.05) is 33.8 Å². The molecule has 2 nitrogen and oxygen atoms in total. The Labute approximate surface area is 282 Å². The highest BCUT2D eigenvalue weighted by atomic mass is 15.1. The molecule has 0 aliphatic carbocycles. The highest BCUT2D eigenvalue weighted by Crippen LogP contribution is 2.42. The molecule has 0 aliphatic rings. The van der Waals surface area contributed by atoms with E-state index in [1.165, 1.54) is 33.0 Å². The largest absolute Gasteiger partial charge is 0.311 e. The lowest BCUT2D eigenvalue weighted by atomic mass is 9.98. The Balaban J connectivity index is 1.21. The van der Waals surface area contributed by atoms with Crippen LogP contribution in [0.15, 0.2) is 206 Å². The zero-order chi connectivity index (χ0) is 32.1. The van der Waals surface area contributed by atoms with E-state index >= 15 is 0 Å². The molecule has 228 valence electrons. The minimum atomic E-state index is 1.11. The van der Waals surface area contributed by atoms with Gasteiger partial charge in [-0.3, -0.25) is 0 Å². The smallest absolute Gasteiger partial charge is 0.0546 e. The van der Waals surface area contributed by atoms with Crippen LogP contribution in [0.1, 0.15) is 0 Å². The second-order valence-corrected chi connectivity index (χ2v) is 11.9. The molecule has 0 N–H and O–H groups in total. The Morgan fingerprint density at radius 2 is 0.625 bits per heavy atom. The fourth-order valence-corrected chi connectivity index (χ4v) is 6.48. The standard InChI is InChI=1S/C46H34N2/c1-5-15-35(16-6-1)36-25-29-43(30-26-36)47(40-18-7-2-8-19-40)44-31-27-37(28-32-44)39-33-38-17-13-14-24-45(38)46(34-39)48(41-20-9-3-10-21-41)42-22-11-4-12-23-42/h1-34H. The quantitative estimate of drug-likeness (QED) is 0.168. The third-order valence-electron chi connectivity index (χ3n) is 8.82. The minimum Gasteiger partial charge on any atom is -0.311 e. The van der Waals surface area contributed by atoms with Crippen molar-refractivity contribution in [3.8, 4) is 22.3 Å². The second-order valence-electron chi connectivity index (χ2n) is 11.9. The first-order valence-corrected chi connectivity index (χ1v) is 16.4. The van der Waals surface area contributed by atoms with Gasteiger partial charge in [-0.1, -0.05) is 133 Å². The van der Waals surface area contributed by atoms with E-state index in [2.05, 4.69) is 216 Å². The fraction of sp³-hybridized carbons (Fsp3) is 0. The first-order valence-electron chi connectivity index (χ1n) is 16.4. The second kappa shape index (κ2) is 13.2. The van der Waals surface area contributed by atoms with E-state index in [1.54, 1.807) is 0 Å². The summed E-state index contributed by atoms with van der Waals surface area (Å²) in [7, 11) is 0. The van der Waals surface area contributed by atoms with Crippen LogP contribution in [-0.4, -0.2) is 0 Å². The van der Waals surface area contributed by atoms with Gasteiger partial charge in [0.15, 0.2) is 0 Å². The Morgan fingerprint density at radius 1 is 0.250 bits per heavy atom. The maximum absolute atomic E-state index is 2.36. The summed E-state index contributed by atoms with van der Waals surface area (Å²) in [5.41, 5.74) is 11.5. The highest BCUT2D eigenvalue weighted by molar-refractivity contribution is 6.02. The van der Waals surface area contributed by atoms with Crippen LogP contribution in [0.25, 0.3) is 33.0 Å². The topological polar surface area (TPSA) is 6.48 Å². The van der Waals surface area contributed by atoms with Crippen LogP contribution < -0.4 is 9.80 Å². The third-order valence-corrected chi connectivity index (χ3v) is 8.82. The first-order chi connectivity index (χ1) is 23.8. The van der Waals surface area contributed by atoms with E-state index in [0.717, 1.165) is 34.1 Å². The summed E-state index contributed by atoms with van der Waals surface area (Å²) in [5.74, 6) is 0. The van der Waals surface area contributed by atoms with Gasteiger partial charge in [-0.15, -0.1) is 0 Å². The maximum Gasteiger partial charge on any atom is 0.0546 e. The van der Waals surface area contributed by atoms with Crippen molar-refractivity contribution in [2.24, 2.45) is 0 Å². The Bertz CT molecular complexity index is 2210. The number of hydrogen-bond acceptors (Lipinski definition) is 2. The minimum absolute atomic E-state index is 1.11. The lowest BCUT2D eigenvalue weighted by Gasteiger charge is -2.28. The van der Waals surface area contributed by atoms with Crippen LogP contribution in [0.5, 0.6) is 0 Å². The Kier molecular flexibility index (Phi) is 7.96. The van der Waals surface area contributed by atoms with Gasteiger partial charge < -0.3 is 9.80 Å². The number of nitrogens with zero attached hydrogens (tertiary/aromatic N) is 2. The molecule has 8 aromatic carbocycles. The average molecular weight is 615 g/mol. The van der Waals surface area contributed by atoms with E-state index in [-0.39, 0.29) is 0 Å². The van der Waals surface area contributed by atoms with Gasteiger partial charge in [0.1, 0.15) is 0 Å². The molecule has 0 aromatic heterocycles. The van der Waals surface area contributed by atoms with E-state index < -0.39 is 0 Å². The number of anilines is 6. The normalized spacial score (nSPS) is 10.9. The molecule has 8 rings (SSSR count). The molecule has 0 aliphatic heterocycles. The summed E-state index contributed by atoms with van der Waals surface area (Å²) in [5, 5.41) is 2.41. The molecular weight excluding hydrogens is 581 g/mol. The maximum atomic E-state index is 2.36. The van der Waals surface area contributed by atoms with Crippen LogP contribution >= 0.6 is 0 Å². The van der Waals surface area contributed by atoms with Crippen LogP contribution in [-0.2, 0) is 0 Å². The number of para-hydroxylation sites is 3. The number of rotatable bonds is 8. The molecule has 0 saturated heterocycles. The SMILES string of the molecule is c1ccc(-c2ccc(N(c3ccccc3)c3ccc(-c4cc(N(c5ccccc5)c5ccccc5)c5ccccc5c4)cc3)cc2)cc1. The molecule has 0 amide bonds. The van der Waals surface area contributed by atoms with Crippen molar-refractivity contribution in [1.82, 2.24) is 0 Å². The first kappa shape index (κ1) is 29.1. The zero-order valence-electron chi connectivity index (χ0n) is 26.5. The summed E-state index contributed by atoms with van der Waals surface area (Å²) in [4.78, 5) is 4.67. The Morgan fingerprint density at radius 3 is 1.15 bits per heavy atom. The van der Waals surface area contributed by atoms with Crippen LogP contribution in [0, 0.1) is 0 Å². The van der Waals surface area contributed by atoms with Gasteiger partial charge >= 0.3 is 0 Å². The van der Waals surface area contributed by atoms with Crippen molar-refractivity contribution < 1.29 is 0 Å². The van der Waals surface area contributed by atoms with Crippen LogP contribution in [0.4, 0.5) is 34.1 Å². The number of fused-ring (bicyclic) bond motifs is 1. The zero-order valence-corrected chi connectivity index (χ0v) is 26.5. The predicted octanol–water partition coefficient (Wildman–Crippen LogP) is 13.1. The molecule has 2 heteroatoms. The highest BCUT2D eigenvalue weighted by Gasteiger charge is 2.18. The fourth-order valence-electron chi connectivity index (χ4n) is 6.48. The van der Waals surface area contributed by atoms with Crippen LogP contribution in [0.3, 0.4) is 0 Å². The van der Waals surface area contributed by atoms with E-state index in [1.807, 2.05) is 0 Å². The van der Waals surface area contributed by atoms with Gasteiger partial charge in [0.25, 0.3) is 0 Å². The van der Waals surface area contributed by atoms with Crippen molar-refractivity contribution >= 4 is 44.9 Å². The molecular formula is C46H34N2. The monoisotopic (exact) mass is 614 g/mol. The van der Waals surface area contributed by atoms with E-state index in [4.69, 9.17) is 0 Å².